The van der Waals surface area contributed by atoms with Gasteiger partial charge in [0, 0.05) is 31.7 Å². The lowest BCUT2D eigenvalue weighted by Crippen LogP contribution is -2.27. The standard InChI is InChI=1S/C22H12Br2ClNO5S/c23-12-1-3-15(24)14(6-12)17-4-2-13(31-17)7-20-21(27)26(22(28)32-20)9-11-5-18-19(8-16(11)25)30-10-29-18/h1-8H,9-10H2/b20-7+. The zero-order chi connectivity index (χ0) is 22.4. The Labute approximate surface area is 208 Å². The van der Waals surface area contributed by atoms with Crippen molar-refractivity contribution in [2.24, 2.45) is 0 Å². The quantitative estimate of drug-likeness (QED) is 0.299. The summed E-state index contributed by atoms with van der Waals surface area (Å²) in [7, 11) is 0. The van der Waals surface area contributed by atoms with E-state index in [0.717, 1.165) is 31.2 Å². The van der Waals surface area contributed by atoms with E-state index < -0.39 is 5.91 Å². The zero-order valence-corrected chi connectivity index (χ0v) is 20.8. The van der Waals surface area contributed by atoms with Gasteiger partial charge in [0.1, 0.15) is 11.5 Å². The van der Waals surface area contributed by atoms with Gasteiger partial charge in [-0.1, -0.05) is 43.5 Å². The molecule has 0 unspecified atom stereocenters. The highest BCUT2D eigenvalue weighted by Gasteiger charge is 2.36. The predicted molar refractivity (Wildman–Crippen MR) is 129 cm³/mol. The molecule has 0 aliphatic carbocycles. The number of nitrogens with zero attached hydrogens (tertiary/aromatic N) is 1. The summed E-state index contributed by atoms with van der Waals surface area (Å²) < 4.78 is 18.3. The summed E-state index contributed by atoms with van der Waals surface area (Å²) in [4.78, 5) is 26.9. The number of rotatable bonds is 4. The van der Waals surface area contributed by atoms with Crippen molar-refractivity contribution < 1.29 is 23.5 Å². The molecule has 0 saturated carbocycles. The van der Waals surface area contributed by atoms with Gasteiger partial charge >= 0.3 is 0 Å². The minimum absolute atomic E-state index is 0.0336. The summed E-state index contributed by atoms with van der Waals surface area (Å²) in [6.45, 7) is 0.146. The Morgan fingerprint density at radius 2 is 1.84 bits per heavy atom. The molecule has 0 radical (unpaired) electrons. The predicted octanol–water partition coefficient (Wildman–Crippen LogP) is 7.09. The molecule has 2 aromatic carbocycles. The van der Waals surface area contributed by atoms with Crippen molar-refractivity contribution in [3.63, 3.8) is 0 Å². The van der Waals surface area contributed by atoms with Crippen LogP contribution in [0.5, 0.6) is 11.5 Å². The molecular weight excluding hydrogens is 586 g/mol. The smallest absolute Gasteiger partial charge is 0.293 e. The van der Waals surface area contributed by atoms with Crippen molar-refractivity contribution in [1.82, 2.24) is 4.90 Å². The van der Waals surface area contributed by atoms with Crippen LogP contribution in [-0.2, 0) is 11.3 Å². The molecule has 32 heavy (non-hydrogen) atoms. The molecule has 162 valence electrons. The number of hydrogen-bond donors (Lipinski definition) is 0. The van der Waals surface area contributed by atoms with E-state index in [1.165, 1.54) is 0 Å². The van der Waals surface area contributed by atoms with Gasteiger partial charge in [-0.3, -0.25) is 14.5 Å². The lowest BCUT2D eigenvalue weighted by molar-refractivity contribution is -0.123. The number of thioether (sulfide) groups is 1. The maximum atomic E-state index is 12.9. The summed E-state index contributed by atoms with van der Waals surface area (Å²) in [5, 5.41) is 0.0176. The Morgan fingerprint density at radius 3 is 2.66 bits per heavy atom. The van der Waals surface area contributed by atoms with Crippen LogP contribution in [0.2, 0.25) is 5.02 Å². The molecule has 3 aromatic rings. The first kappa shape index (κ1) is 21.6. The van der Waals surface area contributed by atoms with E-state index in [1.807, 2.05) is 24.3 Å². The Bertz CT molecular complexity index is 1310. The molecule has 10 heteroatoms. The average molecular weight is 598 g/mol. The molecule has 2 aliphatic heterocycles. The lowest BCUT2D eigenvalue weighted by Gasteiger charge is -2.14. The van der Waals surface area contributed by atoms with E-state index >= 15 is 0 Å². The summed E-state index contributed by atoms with van der Waals surface area (Å²) >= 11 is 14.1. The van der Waals surface area contributed by atoms with Gasteiger partial charge < -0.3 is 13.9 Å². The normalized spacial score (nSPS) is 16.5. The summed E-state index contributed by atoms with van der Waals surface area (Å²) in [6.07, 6.45) is 1.57. The highest BCUT2D eigenvalue weighted by molar-refractivity contribution is 9.11. The molecule has 2 aliphatic rings. The van der Waals surface area contributed by atoms with Gasteiger partial charge in [0.25, 0.3) is 11.1 Å². The molecule has 0 bridgehead atoms. The number of amides is 2. The first-order valence-electron chi connectivity index (χ1n) is 9.28. The van der Waals surface area contributed by atoms with Crippen molar-refractivity contribution in [2.75, 3.05) is 6.79 Å². The van der Waals surface area contributed by atoms with Gasteiger partial charge in [0.2, 0.25) is 6.79 Å². The van der Waals surface area contributed by atoms with Crippen LogP contribution in [0.3, 0.4) is 0 Å². The van der Waals surface area contributed by atoms with E-state index in [0.29, 0.717) is 33.6 Å². The first-order valence-corrected chi connectivity index (χ1v) is 12.1. The number of carbonyl (C=O) groups is 2. The summed E-state index contributed by atoms with van der Waals surface area (Å²) in [6, 6.07) is 12.6. The molecule has 2 amide bonds. The fraction of sp³-hybridized carbons (Fsp3) is 0.0909. The van der Waals surface area contributed by atoms with Crippen LogP contribution >= 0.6 is 55.2 Å². The van der Waals surface area contributed by atoms with Crippen molar-refractivity contribution in [1.29, 1.82) is 0 Å². The highest BCUT2D eigenvalue weighted by Crippen LogP contribution is 2.40. The largest absolute Gasteiger partial charge is 0.457 e. The van der Waals surface area contributed by atoms with Crippen LogP contribution in [0.1, 0.15) is 11.3 Å². The van der Waals surface area contributed by atoms with Gasteiger partial charge in [0.15, 0.2) is 11.5 Å². The third-order valence-corrected chi connectivity index (χ3v) is 7.28. The molecule has 1 fully saturated rings. The minimum Gasteiger partial charge on any atom is -0.457 e. The second-order valence-corrected chi connectivity index (χ2v) is 10.1. The Hall–Kier alpha value is -2.20. The number of ether oxygens (including phenoxy) is 2. The molecular formula is C22H12Br2ClNO5S. The molecule has 5 rings (SSSR count). The van der Waals surface area contributed by atoms with Gasteiger partial charge in [-0.2, -0.15) is 0 Å². The van der Waals surface area contributed by atoms with Gasteiger partial charge in [0.05, 0.1) is 11.4 Å². The van der Waals surface area contributed by atoms with Crippen molar-refractivity contribution >= 4 is 72.4 Å². The van der Waals surface area contributed by atoms with Gasteiger partial charge in [-0.05, 0) is 53.7 Å². The second-order valence-electron chi connectivity index (χ2n) is 6.89. The maximum Gasteiger partial charge on any atom is 0.293 e. The van der Waals surface area contributed by atoms with Crippen LogP contribution in [0.25, 0.3) is 17.4 Å². The van der Waals surface area contributed by atoms with Crippen molar-refractivity contribution in [2.45, 2.75) is 6.54 Å². The van der Waals surface area contributed by atoms with E-state index in [1.54, 1.807) is 24.3 Å². The summed E-state index contributed by atoms with van der Waals surface area (Å²) in [5.74, 6) is 1.77. The zero-order valence-electron chi connectivity index (χ0n) is 16.1. The maximum absolute atomic E-state index is 12.9. The highest BCUT2D eigenvalue weighted by atomic mass is 79.9. The van der Waals surface area contributed by atoms with Gasteiger partial charge in [-0.25, -0.2) is 0 Å². The fourth-order valence-electron chi connectivity index (χ4n) is 3.28. The molecule has 1 saturated heterocycles. The number of hydrogen-bond acceptors (Lipinski definition) is 6. The van der Waals surface area contributed by atoms with Crippen LogP contribution in [-0.4, -0.2) is 22.8 Å². The van der Waals surface area contributed by atoms with Crippen LogP contribution in [0.4, 0.5) is 4.79 Å². The van der Waals surface area contributed by atoms with E-state index in [4.69, 9.17) is 25.5 Å². The number of furan rings is 1. The van der Waals surface area contributed by atoms with E-state index in [9.17, 15) is 9.59 Å². The molecule has 1 aromatic heterocycles. The second kappa shape index (κ2) is 8.62. The Morgan fingerprint density at radius 1 is 1.06 bits per heavy atom. The molecule has 0 atom stereocenters. The number of carbonyl (C=O) groups excluding carboxylic acids is 2. The molecule has 0 spiro atoms. The average Bonchev–Trinajstić information content (AvgIpc) is 3.47. The van der Waals surface area contributed by atoms with Crippen LogP contribution in [0, 0.1) is 0 Å². The van der Waals surface area contributed by atoms with Crippen LogP contribution in [0.15, 0.2) is 60.7 Å². The van der Waals surface area contributed by atoms with Crippen molar-refractivity contribution in [3.8, 4) is 22.8 Å². The van der Waals surface area contributed by atoms with Crippen molar-refractivity contribution in [3.05, 3.63) is 72.7 Å². The molecule has 3 heterocycles. The SMILES string of the molecule is O=C1S/C(=C/c2ccc(-c3cc(Br)ccc3Br)o2)C(=O)N1Cc1cc2c(cc1Cl)OCO2. The Kier molecular flexibility index (Phi) is 5.83. The number of imide groups is 1. The Balaban J connectivity index is 1.38. The number of halogens is 3. The first-order chi connectivity index (χ1) is 15.4. The van der Waals surface area contributed by atoms with Gasteiger partial charge in [-0.15, -0.1) is 0 Å². The van der Waals surface area contributed by atoms with E-state index in [-0.39, 0.29) is 23.5 Å². The number of fused-ring (bicyclic) bond motifs is 1. The van der Waals surface area contributed by atoms with E-state index in [2.05, 4.69) is 31.9 Å². The third-order valence-electron chi connectivity index (χ3n) is 4.84. The van der Waals surface area contributed by atoms with Crippen LogP contribution < -0.4 is 9.47 Å². The monoisotopic (exact) mass is 595 g/mol. The third kappa shape index (κ3) is 4.10. The lowest BCUT2D eigenvalue weighted by atomic mass is 10.2. The molecule has 6 nitrogen and oxygen atoms in total. The minimum atomic E-state index is -0.407. The number of benzene rings is 2. The topological polar surface area (TPSA) is 69.0 Å². The summed E-state index contributed by atoms with van der Waals surface area (Å²) in [5.41, 5.74) is 1.46. The fourth-order valence-corrected chi connectivity index (χ4v) is 5.11. The molecule has 0 N–H and O–H groups in total.